The van der Waals surface area contributed by atoms with E-state index in [1.165, 1.54) is 19.2 Å². The number of halogens is 3. The number of nitrogens with one attached hydrogen (secondary N) is 1. The summed E-state index contributed by atoms with van der Waals surface area (Å²) in [4.78, 5) is 12.0. The number of carbonyl (C=O) groups is 1. The number of nitrogens with two attached hydrogens (primary N) is 1. The summed E-state index contributed by atoms with van der Waals surface area (Å²) in [6.07, 6.45) is 0. The van der Waals surface area contributed by atoms with Crippen LogP contribution < -0.4 is 15.4 Å². The second-order valence-corrected chi connectivity index (χ2v) is 5.70. The average Bonchev–Trinajstić information content (AvgIpc) is 2.53. The van der Waals surface area contributed by atoms with E-state index < -0.39 is 11.6 Å². The molecule has 7 heteroatoms. The highest BCUT2D eigenvalue weighted by Crippen LogP contribution is 2.27. The van der Waals surface area contributed by atoms with Crippen LogP contribution in [0.1, 0.15) is 18.5 Å². The molecule has 3 N–H and O–H groups in total. The summed E-state index contributed by atoms with van der Waals surface area (Å²) >= 11 is 5.99. The summed E-state index contributed by atoms with van der Waals surface area (Å²) in [6, 6.07) is 8.00. The van der Waals surface area contributed by atoms with Crippen molar-refractivity contribution in [2.75, 3.05) is 19.0 Å². The maximum Gasteiger partial charge on any atom is 0.279 e. The zero-order valence-electron chi connectivity index (χ0n) is 13.3. The van der Waals surface area contributed by atoms with Crippen LogP contribution in [0, 0.1) is 11.6 Å². The van der Waals surface area contributed by atoms with E-state index in [1.807, 2.05) is 0 Å². The van der Waals surface area contributed by atoms with Crippen LogP contribution in [0.3, 0.4) is 0 Å². The molecule has 0 aromatic heterocycles. The third kappa shape index (κ3) is 4.66. The second-order valence-electron chi connectivity index (χ2n) is 5.29. The Labute approximate surface area is 143 Å². The molecule has 0 aliphatic heterocycles. The van der Waals surface area contributed by atoms with Gasteiger partial charge >= 0.3 is 0 Å². The van der Waals surface area contributed by atoms with Crippen LogP contribution in [0.15, 0.2) is 36.4 Å². The molecular formula is C17H18ClF2N2O2+. The molecule has 2 rings (SSSR count). The van der Waals surface area contributed by atoms with Gasteiger partial charge in [0.05, 0.1) is 12.1 Å². The molecule has 0 fully saturated rings. The van der Waals surface area contributed by atoms with E-state index in [2.05, 4.69) is 5.32 Å². The minimum absolute atomic E-state index is 0.0850. The van der Waals surface area contributed by atoms with E-state index in [0.717, 1.165) is 6.07 Å². The summed E-state index contributed by atoms with van der Waals surface area (Å²) in [6.45, 7) is 1.83. The van der Waals surface area contributed by atoms with Crippen molar-refractivity contribution < 1.29 is 23.6 Å². The standard InChI is InChI=1S/C17H17ClF2N2O2/c1-10(13-5-3-11(19)7-15(13)20)21-9-17(23)22-12-4-6-16(24-2)14(18)8-12/h3-8,10,21H,9H2,1-2H3,(H,22,23)/p+1/t10-/m0/s1. The normalized spacial score (nSPS) is 11.9. The molecule has 0 unspecified atom stereocenters. The number of rotatable bonds is 6. The molecule has 128 valence electrons. The number of quaternary nitrogens is 1. The highest BCUT2D eigenvalue weighted by Gasteiger charge is 2.16. The zero-order valence-corrected chi connectivity index (χ0v) is 14.0. The van der Waals surface area contributed by atoms with Crippen LogP contribution in [0.25, 0.3) is 0 Å². The molecular weight excluding hydrogens is 338 g/mol. The fraction of sp³-hybridized carbons (Fsp3) is 0.235. The summed E-state index contributed by atoms with van der Waals surface area (Å²) in [7, 11) is 1.50. The topological polar surface area (TPSA) is 54.9 Å². The lowest BCUT2D eigenvalue weighted by atomic mass is 10.1. The lowest BCUT2D eigenvalue weighted by Crippen LogP contribution is -2.86. The molecule has 24 heavy (non-hydrogen) atoms. The van der Waals surface area contributed by atoms with E-state index in [-0.39, 0.29) is 18.5 Å². The number of hydrogen-bond donors (Lipinski definition) is 2. The maximum absolute atomic E-state index is 13.7. The van der Waals surface area contributed by atoms with E-state index >= 15 is 0 Å². The monoisotopic (exact) mass is 355 g/mol. The predicted octanol–water partition coefficient (Wildman–Crippen LogP) is 2.89. The fourth-order valence-electron chi connectivity index (χ4n) is 2.24. The van der Waals surface area contributed by atoms with Gasteiger partial charge in [0, 0.05) is 17.3 Å². The van der Waals surface area contributed by atoms with Gasteiger partial charge in [-0.25, -0.2) is 8.78 Å². The molecule has 2 aromatic rings. The van der Waals surface area contributed by atoms with Crippen LogP contribution in [0.2, 0.25) is 5.02 Å². The van der Waals surface area contributed by atoms with Crippen molar-refractivity contribution in [2.45, 2.75) is 13.0 Å². The Hall–Kier alpha value is -2.18. The SMILES string of the molecule is COc1ccc(NC(=O)C[NH2+][C@@H](C)c2ccc(F)cc2F)cc1Cl. The van der Waals surface area contributed by atoms with Crippen LogP contribution >= 0.6 is 11.6 Å². The molecule has 0 saturated heterocycles. The third-order valence-electron chi connectivity index (χ3n) is 3.55. The summed E-state index contributed by atoms with van der Waals surface area (Å²) in [5.41, 5.74) is 0.886. The third-order valence-corrected chi connectivity index (χ3v) is 3.84. The number of amides is 1. The summed E-state index contributed by atoms with van der Waals surface area (Å²) in [5, 5.41) is 4.75. The largest absolute Gasteiger partial charge is 0.495 e. The van der Waals surface area contributed by atoms with Crippen LogP contribution in [-0.2, 0) is 4.79 Å². The van der Waals surface area contributed by atoms with Crippen molar-refractivity contribution in [1.82, 2.24) is 0 Å². The first-order chi connectivity index (χ1) is 11.4. The minimum atomic E-state index is -0.627. The molecule has 4 nitrogen and oxygen atoms in total. The van der Waals surface area contributed by atoms with Crippen molar-refractivity contribution >= 4 is 23.2 Å². The molecule has 0 aliphatic rings. The van der Waals surface area contributed by atoms with Gasteiger partial charge < -0.3 is 15.4 Å². The van der Waals surface area contributed by atoms with Gasteiger partial charge in [0.25, 0.3) is 5.91 Å². The molecule has 0 spiro atoms. The molecule has 0 bridgehead atoms. The lowest BCUT2D eigenvalue weighted by Gasteiger charge is -2.12. The van der Waals surface area contributed by atoms with E-state index in [1.54, 1.807) is 30.4 Å². The van der Waals surface area contributed by atoms with E-state index in [4.69, 9.17) is 16.3 Å². The van der Waals surface area contributed by atoms with Gasteiger partial charge in [0.1, 0.15) is 23.4 Å². The van der Waals surface area contributed by atoms with Gasteiger partial charge in [-0.15, -0.1) is 0 Å². The zero-order chi connectivity index (χ0) is 17.7. The summed E-state index contributed by atoms with van der Waals surface area (Å²) in [5.74, 6) is -0.995. The van der Waals surface area contributed by atoms with E-state index in [0.29, 0.717) is 22.0 Å². The van der Waals surface area contributed by atoms with Crippen LogP contribution in [-0.4, -0.2) is 19.6 Å². The van der Waals surface area contributed by atoms with Crippen LogP contribution in [0.5, 0.6) is 5.75 Å². The highest BCUT2D eigenvalue weighted by molar-refractivity contribution is 6.32. The second kappa shape index (κ2) is 8.08. The maximum atomic E-state index is 13.7. The first-order valence-electron chi connectivity index (χ1n) is 7.32. The van der Waals surface area contributed by atoms with Crippen molar-refractivity contribution in [2.24, 2.45) is 0 Å². The van der Waals surface area contributed by atoms with Gasteiger partial charge in [-0.05, 0) is 37.3 Å². The average molecular weight is 356 g/mol. The number of benzene rings is 2. The quantitative estimate of drug-likeness (QED) is 0.837. The molecule has 2 aromatic carbocycles. The Morgan fingerprint density at radius 1 is 1.29 bits per heavy atom. The number of hydrogen-bond acceptors (Lipinski definition) is 2. The van der Waals surface area contributed by atoms with Crippen molar-refractivity contribution in [1.29, 1.82) is 0 Å². The number of methoxy groups -OCH3 is 1. The molecule has 0 aliphatic carbocycles. The Morgan fingerprint density at radius 2 is 2.04 bits per heavy atom. The molecule has 1 atom stereocenters. The van der Waals surface area contributed by atoms with Crippen molar-refractivity contribution in [3.8, 4) is 5.75 Å². The predicted molar refractivity (Wildman–Crippen MR) is 88.2 cm³/mol. The van der Waals surface area contributed by atoms with Crippen molar-refractivity contribution in [3.63, 3.8) is 0 Å². The number of carbonyl (C=O) groups excluding carboxylic acids is 1. The van der Waals surface area contributed by atoms with Crippen molar-refractivity contribution in [3.05, 3.63) is 58.6 Å². The highest BCUT2D eigenvalue weighted by atomic mass is 35.5. The Morgan fingerprint density at radius 3 is 2.67 bits per heavy atom. The first-order valence-corrected chi connectivity index (χ1v) is 7.70. The Bertz CT molecular complexity index is 741. The summed E-state index contributed by atoms with van der Waals surface area (Å²) < 4.78 is 31.7. The van der Waals surface area contributed by atoms with E-state index in [9.17, 15) is 13.6 Å². The minimum Gasteiger partial charge on any atom is -0.495 e. The molecule has 0 radical (unpaired) electrons. The van der Waals surface area contributed by atoms with Crippen LogP contribution in [0.4, 0.5) is 14.5 Å². The lowest BCUT2D eigenvalue weighted by molar-refractivity contribution is -0.682. The molecule has 1 amide bonds. The number of anilines is 1. The van der Waals surface area contributed by atoms with Gasteiger partial charge in [-0.1, -0.05) is 11.6 Å². The van der Waals surface area contributed by atoms with Gasteiger partial charge in [-0.2, -0.15) is 0 Å². The van der Waals surface area contributed by atoms with Gasteiger partial charge in [-0.3, -0.25) is 4.79 Å². The molecule has 0 heterocycles. The smallest absolute Gasteiger partial charge is 0.279 e. The Balaban J connectivity index is 1.92. The van der Waals surface area contributed by atoms with Gasteiger partial charge in [0.2, 0.25) is 0 Å². The number of ether oxygens (including phenoxy) is 1. The first kappa shape index (κ1) is 18.2. The fourth-order valence-corrected chi connectivity index (χ4v) is 2.50. The molecule has 0 saturated carbocycles. The Kier molecular flexibility index (Phi) is 6.11. The van der Waals surface area contributed by atoms with Gasteiger partial charge in [0.15, 0.2) is 6.54 Å².